The Morgan fingerprint density at radius 3 is 0.800 bits per heavy atom. The first-order chi connectivity index (χ1) is 10.8. The third kappa shape index (κ3) is 46.0. The van der Waals surface area contributed by atoms with Gasteiger partial charge in [0.15, 0.2) is 0 Å². The normalized spacial score (nSPS) is 9.12. The summed E-state index contributed by atoms with van der Waals surface area (Å²) in [5.41, 5.74) is 0. The molecule has 0 saturated carbocycles. The van der Waals surface area contributed by atoms with Crippen LogP contribution in [-0.4, -0.2) is 35.4 Å². The molecule has 0 atom stereocenters. The van der Waals surface area contributed by atoms with Crippen LogP contribution in [0.15, 0.2) is 0 Å². The Balaban J connectivity index is -0.0000000952. The van der Waals surface area contributed by atoms with E-state index in [9.17, 15) is 0 Å². The van der Waals surface area contributed by atoms with E-state index in [-0.39, 0.29) is 38.8 Å². The van der Waals surface area contributed by atoms with E-state index < -0.39 is 0 Å². The summed E-state index contributed by atoms with van der Waals surface area (Å²) in [6, 6.07) is 0. The van der Waals surface area contributed by atoms with E-state index in [0.717, 1.165) is 11.5 Å². The summed E-state index contributed by atoms with van der Waals surface area (Å²) in [6.45, 7) is 4.52. The molecule has 0 nitrogen and oxygen atoms in total. The van der Waals surface area contributed by atoms with Crippen LogP contribution in [0.2, 0.25) is 0 Å². The van der Waals surface area contributed by atoms with Gasteiger partial charge in [-0.3, -0.25) is 0 Å². The average Bonchev–Trinajstić information content (AvgIpc) is 2.54. The molecule has 0 aromatic rings. The fourth-order valence-electron chi connectivity index (χ4n) is 2.47. The summed E-state index contributed by atoms with van der Waals surface area (Å²) in [7, 11) is 0. The maximum Gasteiger partial charge on any atom is 2.00 e. The van der Waals surface area contributed by atoms with E-state index in [1.807, 2.05) is 0 Å². The molecule has 0 aliphatic carbocycles. The first-order valence-electron chi connectivity index (χ1n) is 9.99. The first kappa shape index (κ1) is 37.3. The van der Waals surface area contributed by atoms with E-state index in [1.165, 1.54) is 103 Å². The number of hydrogen-bond donors (Lipinski definition) is 0. The van der Waals surface area contributed by atoms with Crippen LogP contribution in [0, 0.1) is 0 Å². The van der Waals surface area contributed by atoms with Gasteiger partial charge in [-0.1, -0.05) is 131 Å². The molecule has 0 spiro atoms. The summed E-state index contributed by atoms with van der Waals surface area (Å²) >= 11 is 9.74. The topological polar surface area (TPSA) is 0 Å². The monoisotopic (exact) mass is 498 g/mol. The van der Waals surface area contributed by atoms with Gasteiger partial charge in [0.05, 0.1) is 0 Å². The Morgan fingerprint density at radius 1 is 0.400 bits per heavy atom. The standard InChI is InChI=1S/2C10H22S.2CH4.Sn/c2*1-2-3-4-5-6-7-8-9-10-11;;;/h2*11H,2-10H2,1H3;2*1H4;/q;;;;+2/p-2. The Bertz CT molecular complexity index is 132. The number of unbranched alkanes of at least 4 members (excludes halogenated alkanes) is 14. The average molecular weight is 497 g/mol. The smallest absolute Gasteiger partial charge is 0.793 e. The Hall–Kier alpha value is 1.50. The Labute approximate surface area is 191 Å². The molecule has 3 heteroatoms. The van der Waals surface area contributed by atoms with E-state index in [4.69, 9.17) is 25.3 Å². The fraction of sp³-hybridized carbons (Fsp3) is 1.00. The van der Waals surface area contributed by atoms with Gasteiger partial charge >= 0.3 is 23.9 Å². The van der Waals surface area contributed by atoms with Crippen LogP contribution in [0.1, 0.15) is 131 Å². The second kappa shape index (κ2) is 40.3. The molecule has 25 heavy (non-hydrogen) atoms. The molecule has 0 amide bonds. The second-order valence-corrected chi connectivity index (χ2v) is 7.17. The SMILES string of the molecule is C.C.CCCCCCCCCC[S-].CCCCCCCCCC[S-].[Sn+2]. The van der Waals surface area contributed by atoms with Crippen LogP contribution in [0.25, 0.3) is 0 Å². The molecule has 0 aromatic heterocycles. The van der Waals surface area contributed by atoms with Crippen LogP contribution in [-0.2, 0) is 25.3 Å². The van der Waals surface area contributed by atoms with Crippen LogP contribution in [0.5, 0.6) is 0 Å². The summed E-state index contributed by atoms with van der Waals surface area (Å²) in [4.78, 5) is 0. The van der Waals surface area contributed by atoms with Gasteiger partial charge in [-0.05, 0) is 0 Å². The molecule has 154 valence electrons. The molecular weight excluding hydrogens is 447 g/mol. The molecule has 0 aliphatic heterocycles. The quantitative estimate of drug-likeness (QED) is 0.120. The minimum atomic E-state index is 0. The molecule has 0 unspecified atom stereocenters. The predicted molar refractivity (Wildman–Crippen MR) is 129 cm³/mol. The van der Waals surface area contributed by atoms with Crippen molar-refractivity contribution in [2.24, 2.45) is 0 Å². The molecule has 0 aromatic carbocycles. The van der Waals surface area contributed by atoms with Crippen LogP contribution in [0.4, 0.5) is 0 Å². The van der Waals surface area contributed by atoms with Gasteiger partial charge in [0.2, 0.25) is 0 Å². The number of hydrogen-bond acceptors (Lipinski definition) is 2. The number of rotatable bonds is 16. The van der Waals surface area contributed by atoms with Crippen molar-refractivity contribution in [2.75, 3.05) is 11.5 Å². The molecule has 0 saturated heterocycles. The van der Waals surface area contributed by atoms with E-state index >= 15 is 0 Å². The zero-order valence-corrected chi connectivity index (χ0v) is 20.5. The Morgan fingerprint density at radius 2 is 0.600 bits per heavy atom. The van der Waals surface area contributed by atoms with Crippen LogP contribution < -0.4 is 0 Å². The van der Waals surface area contributed by atoms with Crippen molar-refractivity contribution in [1.82, 2.24) is 0 Å². The van der Waals surface area contributed by atoms with Gasteiger partial charge in [0.25, 0.3) is 0 Å². The molecule has 0 bridgehead atoms. The zero-order valence-electron chi connectivity index (χ0n) is 16.0. The van der Waals surface area contributed by atoms with Gasteiger partial charge in [0, 0.05) is 0 Å². The minimum Gasteiger partial charge on any atom is -0.793 e. The molecule has 0 rings (SSSR count). The first-order valence-corrected chi connectivity index (χ1v) is 11.1. The molecule has 2 radical (unpaired) electrons. The maximum absolute atomic E-state index is 4.87. The van der Waals surface area contributed by atoms with Gasteiger partial charge in [-0.25, -0.2) is 0 Å². The maximum atomic E-state index is 4.87. The predicted octanol–water partition coefficient (Wildman–Crippen LogP) is 8.24. The van der Waals surface area contributed by atoms with Crippen molar-refractivity contribution in [3.8, 4) is 0 Å². The molecule has 0 N–H and O–H groups in total. The van der Waals surface area contributed by atoms with Crippen molar-refractivity contribution in [3.63, 3.8) is 0 Å². The van der Waals surface area contributed by atoms with Crippen molar-refractivity contribution in [2.45, 2.75) is 131 Å². The molecular formula is C22H50S2Sn. The van der Waals surface area contributed by atoms with Crippen molar-refractivity contribution < 1.29 is 0 Å². The van der Waals surface area contributed by atoms with Crippen molar-refractivity contribution >= 4 is 49.2 Å². The van der Waals surface area contributed by atoms with E-state index in [0.29, 0.717) is 0 Å². The molecule has 0 aliphatic rings. The Kier molecular flexibility index (Phi) is 60.0. The van der Waals surface area contributed by atoms with Crippen LogP contribution in [0.3, 0.4) is 0 Å². The third-order valence-corrected chi connectivity index (χ3v) is 4.57. The third-order valence-electron chi connectivity index (χ3n) is 4.00. The van der Waals surface area contributed by atoms with Gasteiger partial charge < -0.3 is 25.3 Å². The molecule has 0 fully saturated rings. The summed E-state index contributed by atoms with van der Waals surface area (Å²) in [5, 5.41) is 0. The second-order valence-electron chi connectivity index (χ2n) is 6.36. The van der Waals surface area contributed by atoms with Crippen molar-refractivity contribution in [1.29, 1.82) is 0 Å². The zero-order chi connectivity index (χ0) is 16.7. The van der Waals surface area contributed by atoms with Crippen molar-refractivity contribution in [3.05, 3.63) is 0 Å². The summed E-state index contributed by atoms with van der Waals surface area (Å²) < 4.78 is 0. The molecule has 0 heterocycles. The fourth-order valence-corrected chi connectivity index (χ4v) is 2.88. The van der Waals surface area contributed by atoms with Gasteiger partial charge in [-0.15, -0.1) is 0 Å². The largest absolute Gasteiger partial charge is 2.00 e. The van der Waals surface area contributed by atoms with E-state index in [1.54, 1.807) is 0 Å². The minimum absolute atomic E-state index is 0. The summed E-state index contributed by atoms with van der Waals surface area (Å²) in [6.07, 6.45) is 22.2. The van der Waals surface area contributed by atoms with E-state index in [2.05, 4.69) is 13.8 Å². The summed E-state index contributed by atoms with van der Waals surface area (Å²) in [5.74, 6) is 1.91. The van der Waals surface area contributed by atoms with Gasteiger partial charge in [0.1, 0.15) is 0 Å². The van der Waals surface area contributed by atoms with Crippen LogP contribution >= 0.6 is 0 Å². The van der Waals surface area contributed by atoms with Gasteiger partial charge in [-0.2, -0.15) is 11.5 Å².